The Labute approximate surface area is 90.4 Å². The average molecular weight is 213 g/mol. The molecule has 2 saturated heterocycles. The third-order valence-corrected chi connectivity index (χ3v) is 3.04. The molecule has 86 valence electrons. The van der Waals surface area contributed by atoms with Crippen molar-refractivity contribution in [3.05, 3.63) is 0 Å². The highest BCUT2D eigenvalue weighted by molar-refractivity contribution is 5.80. The van der Waals surface area contributed by atoms with E-state index in [1.165, 1.54) is 0 Å². The van der Waals surface area contributed by atoms with Gasteiger partial charge in [0, 0.05) is 25.7 Å². The minimum atomic E-state index is 0.218. The normalized spacial score (nSPS) is 25.9. The first-order valence-electron chi connectivity index (χ1n) is 5.57. The smallest absolute Gasteiger partial charge is 0.237 e. The summed E-state index contributed by atoms with van der Waals surface area (Å²) in [5.74, 6) is 0.218. The SMILES string of the molecule is CC(CN1CCOCC1)N1CNCC1=O. The highest BCUT2D eigenvalue weighted by atomic mass is 16.5. The molecule has 0 aromatic heterocycles. The molecule has 2 fully saturated rings. The number of carbonyl (C=O) groups excluding carboxylic acids is 1. The van der Waals surface area contributed by atoms with Gasteiger partial charge < -0.3 is 9.64 Å². The molecule has 0 aromatic rings. The van der Waals surface area contributed by atoms with E-state index >= 15 is 0 Å². The summed E-state index contributed by atoms with van der Waals surface area (Å²) in [5.41, 5.74) is 0. The fourth-order valence-corrected chi connectivity index (χ4v) is 2.13. The molecule has 0 bridgehead atoms. The van der Waals surface area contributed by atoms with Crippen LogP contribution in [0.1, 0.15) is 6.92 Å². The highest BCUT2D eigenvalue weighted by Gasteiger charge is 2.26. The maximum atomic E-state index is 11.5. The van der Waals surface area contributed by atoms with Crippen molar-refractivity contribution in [1.29, 1.82) is 0 Å². The van der Waals surface area contributed by atoms with Gasteiger partial charge in [-0.05, 0) is 6.92 Å². The van der Waals surface area contributed by atoms with Gasteiger partial charge in [0.25, 0.3) is 0 Å². The second-order valence-corrected chi connectivity index (χ2v) is 4.21. The Morgan fingerprint density at radius 1 is 1.47 bits per heavy atom. The number of ether oxygens (including phenoxy) is 1. The molecule has 0 radical (unpaired) electrons. The summed E-state index contributed by atoms with van der Waals surface area (Å²) < 4.78 is 5.29. The Morgan fingerprint density at radius 2 is 2.20 bits per heavy atom. The molecular weight excluding hydrogens is 194 g/mol. The fraction of sp³-hybridized carbons (Fsp3) is 0.900. The van der Waals surface area contributed by atoms with Crippen LogP contribution in [0, 0.1) is 0 Å². The number of hydrogen-bond acceptors (Lipinski definition) is 4. The van der Waals surface area contributed by atoms with Gasteiger partial charge in [0.15, 0.2) is 0 Å². The van der Waals surface area contributed by atoms with Gasteiger partial charge in [-0.1, -0.05) is 0 Å². The predicted molar refractivity (Wildman–Crippen MR) is 56.4 cm³/mol. The lowest BCUT2D eigenvalue weighted by Gasteiger charge is -2.32. The number of carbonyl (C=O) groups is 1. The van der Waals surface area contributed by atoms with Crippen LogP contribution in [-0.4, -0.2) is 67.8 Å². The van der Waals surface area contributed by atoms with Crippen molar-refractivity contribution < 1.29 is 9.53 Å². The molecule has 0 aliphatic carbocycles. The molecule has 0 spiro atoms. The molecule has 5 heteroatoms. The van der Waals surface area contributed by atoms with Crippen molar-refractivity contribution >= 4 is 5.91 Å². The van der Waals surface area contributed by atoms with E-state index < -0.39 is 0 Å². The second-order valence-electron chi connectivity index (χ2n) is 4.21. The Hall–Kier alpha value is -0.650. The lowest BCUT2D eigenvalue weighted by atomic mass is 10.2. The number of morpholine rings is 1. The number of rotatable bonds is 3. The van der Waals surface area contributed by atoms with Gasteiger partial charge in [-0.15, -0.1) is 0 Å². The fourth-order valence-electron chi connectivity index (χ4n) is 2.13. The summed E-state index contributed by atoms with van der Waals surface area (Å²) in [7, 11) is 0. The van der Waals surface area contributed by atoms with Crippen LogP contribution in [0.4, 0.5) is 0 Å². The van der Waals surface area contributed by atoms with Gasteiger partial charge in [-0.2, -0.15) is 0 Å². The molecule has 2 aliphatic heterocycles. The van der Waals surface area contributed by atoms with Crippen molar-refractivity contribution in [2.24, 2.45) is 0 Å². The number of nitrogens with zero attached hydrogens (tertiary/aromatic N) is 2. The standard InChI is InChI=1S/C10H19N3O2/c1-9(13-8-11-6-10(13)14)7-12-2-4-15-5-3-12/h9,11H,2-8H2,1H3. The zero-order valence-electron chi connectivity index (χ0n) is 9.24. The van der Waals surface area contributed by atoms with Crippen LogP contribution in [-0.2, 0) is 9.53 Å². The Morgan fingerprint density at radius 3 is 2.80 bits per heavy atom. The molecule has 5 nitrogen and oxygen atoms in total. The maximum Gasteiger partial charge on any atom is 0.237 e. The van der Waals surface area contributed by atoms with Crippen LogP contribution in [0.3, 0.4) is 0 Å². The van der Waals surface area contributed by atoms with Crippen molar-refractivity contribution in [3.63, 3.8) is 0 Å². The molecule has 0 aromatic carbocycles. The molecule has 15 heavy (non-hydrogen) atoms. The van der Waals surface area contributed by atoms with Crippen LogP contribution in [0.5, 0.6) is 0 Å². The van der Waals surface area contributed by atoms with E-state index in [2.05, 4.69) is 17.1 Å². The van der Waals surface area contributed by atoms with Crippen LogP contribution >= 0.6 is 0 Å². The van der Waals surface area contributed by atoms with Crippen LogP contribution in [0.15, 0.2) is 0 Å². The van der Waals surface area contributed by atoms with E-state index in [0.29, 0.717) is 19.3 Å². The van der Waals surface area contributed by atoms with Crippen LogP contribution in [0.25, 0.3) is 0 Å². The van der Waals surface area contributed by atoms with Gasteiger partial charge in [0.1, 0.15) is 0 Å². The number of hydrogen-bond donors (Lipinski definition) is 1. The summed E-state index contributed by atoms with van der Waals surface area (Å²) in [6.45, 7) is 7.87. The van der Waals surface area contributed by atoms with Gasteiger partial charge in [0.05, 0.1) is 26.4 Å². The van der Waals surface area contributed by atoms with Crippen molar-refractivity contribution in [2.45, 2.75) is 13.0 Å². The first-order valence-corrected chi connectivity index (χ1v) is 5.57. The molecule has 1 N–H and O–H groups in total. The van der Waals surface area contributed by atoms with Gasteiger partial charge in [-0.3, -0.25) is 15.0 Å². The largest absolute Gasteiger partial charge is 0.379 e. The molecular formula is C10H19N3O2. The number of nitrogens with one attached hydrogen (secondary N) is 1. The lowest BCUT2D eigenvalue weighted by Crippen LogP contribution is -2.47. The minimum absolute atomic E-state index is 0.218. The number of amides is 1. The summed E-state index contributed by atoms with van der Waals surface area (Å²) in [5, 5.41) is 3.07. The van der Waals surface area contributed by atoms with E-state index in [9.17, 15) is 4.79 Å². The zero-order valence-corrected chi connectivity index (χ0v) is 9.24. The second kappa shape index (κ2) is 4.92. The van der Waals surface area contributed by atoms with E-state index in [0.717, 1.165) is 32.8 Å². The Balaban J connectivity index is 1.80. The van der Waals surface area contributed by atoms with Crippen LogP contribution < -0.4 is 5.32 Å². The monoisotopic (exact) mass is 213 g/mol. The topological polar surface area (TPSA) is 44.8 Å². The Kier molecular flexibility index (Phi) is 3.56. The molecule has 2 aliphatic rings. The lowest BCUT2D eigenvalue weighted by molar-refractivity contribution is -0.128. The zero-order chi connectivity index (χ0) is 10.7. The summed E-state index contributed by atoms with van der Waals surface area (Å²) in [6, 6.07) is 0.297. The highest BCUT2D eigenvalue weighted by Crippen LogP contribution is 2.06. The minimum Gasteiger partial charge on any atom is -0.379 e. The van der Waals surface area contributed by atoms with Crippen molar-refractivity contribution in [1.82, 2.24) is 15.1 Å². The summed E-state index contributed by atoms with van der Waals surface area (Å²) >= 11 is 0. The molecule has 2 rings (SSSR count). The van der Waals surface area contributed by atoms with E-state index in [1.54, 1.807) is 0 Å². The quantitative estimate of drug-likeness (QED) is 0.659. The molecule has 2 heterocycles. The maximum absolute atomic E-state index is 11.5. The van der Waals surface area contributed by atoms with E-state index in [-0.39, 0.29) is 5.91 Å². The van der Waals surface area contributed by atoms with Crippen molar-refractivity contribution in [2.75, 3.05) is 46.1 Å². The third-order valence-electron chi connectivity index (χ3n) is 3.04. The van der Waals surface area contributed by atoms with Gasteiger partial charge >= 0.3 is 0 Å². The molecule has 1 atom stereocenters. The molecule has 1 amide bonds. The summed E-state index contributed by atoms with van der Waals surface area (Å²) in [6.07, 6.45) is 0. The summed E-state index contributed by atoms with van der Waals surface area (Å²) in [4.78, 5) is 15.8. The van der Waals surface area contributed by atoms with Crippen molar-refractivity contribution in [3.8, 4) is 0 Å². The molecule has 1 unspecified atom stereocenters. The van der Waals surface area contributed by atoms with Gasteiger partial charge in [-0.25, -0.2) is 0 Å². The van der Waals surface area contributed by atoms with E-state index in [1.807, 2.05) is 4.90 Å². The molecule has 0 saturated carbocycles. The first-order chi connectivity index (χ1) is 7.27. The Bertz CT molecular complexity index is 229. The third kappa shape index (κ3) is 2.68. The average Bonchev–Trinajstić information content (AvgIpc) is 2.66. The predicted octanol–water partition coefficient (Wildman–Crippen LogP) is -0.904. The van der Waals surface area contributed by atoms with Gasteiger partial charge in [0.2, 0.25) is 5.91 Å². The first kappa shape index (κ1) is 10.9. The van der Waals surface area contributed by atoms with E-state index in [4.69, 9.17) is 4.74 Å². The van der Waals surface area contributed by atoms with Crippen LogP contribution in [0.2, 0.25) is 0 Å².